The van der Waals surface area contributed by atoms with E-state index in [9.17, 15) is 18.0 Å². The number of hydrogen-bond acceptors (Lipinski definition) is 3. The van der Waals surface area contributed by atoms with Gasteiger partial charge in [-0.1, -0.05) is 11.8 Å². The van der Waals surface area contributed by atoms with Gasteiger partial charge in [0.2, 0.25) is 0 Å². The molecule has 2 rings (SSSR count). The lowest BCUT2D eigenvalue weighted by molar-refractivity contribution is -0.163. The molecule has 0 unspecified atom stereocenters. The van der Waals surface area contributed by atoms with Crippen molar-refractivity contribution in [1.82, 2.24) is 10.3 Å². The monoisotopic (exact) mass is 298 g/mol. The Labute approximate surface area is 119 Å². The van der Waals surface area contributed by atoms with Crippen LogP contribution in [0.2, 0.25) is 0 Å². The molecule has 0 bridgehead atoms. The third kappa shape index (κ3) is 3.52. The van der Waals surface area contributed by atoms with E-state index in [-0.39, 0.29) is 25.1 Å². The number of alkyl halides is 3. The molecule has 2 N–H and O–H groups in total. The van der Waals surface area contributed by atoms with Crippen molar-refractivity contribution in [2.75, 3.05) is 6.61 Å². The molecule has 1 aliphatic rings. The lowest BCUT2D eigenvalue weighted by Crippen LogP contribution is -2.48. The van der Waals surface area contributed by atoms with E-state index in [0.29, 0.717) is 12.0 Å². The molecular weight excluding hydrogens is 285 g/mol. The van der Waals surface area contributed by atoms with Crippen molar-refractivity contribution in [1.29, 1.82) is 0 Å². The fourth-order valence-corrected chi connectivity index (χ4v) is 1.71. The molecule has 0 aromatic carbocycles. The molecule has 0 saturated heterocycles. The van der Waals surface area contributed by atoms with E-state index in [1.54, 1.807) is 0 Å². The second-order valence-electron chi connectivity index (χ2n) is 4.74. The smallest absolute Gasteiger partial charge is 0.395 e. The number of nitrogens with one attached hydrogen (secondary N) is 1. The maximum absolute atomic E-state index is 12.7. The Morgan fingerprint density at radius 1 is 1.43 bits per heavy atom. The van der Waals surface area contributed by atoms with Gasteiger partial charge < -0.3 is 10.4 Å². The van der Waals surface area contributed by atoms with Crippen LogP contribution in [0.3, 0.4) is 0 Å². The summed E-state index contributed by atoms with van der Waals surface area (Å²) >= 11 is 0. The Balaban J connectivity index is 2.03. The van der Waals surface area contributed by atoms with E-state index in [1.165, 1.54) is 18.3 Å². The summed E-state index contributed by atoms with van der Waals surface area (Å²) < 4.78 is 38.2. The molecule has 0 spiro atoms. The van der Waals surface area contributed by atoms with Gasteiger partial charge in [-0.3, -0.25) is 4.79 Å². The number of aliphatic hydroxyl groups is 1. The van der Waals surface area contributed by atoms with Crippen LogP contribution in [0.1, 0.15) is 35.3 Å². The zero-order chi connectivity index (χ0) is 15.5. The highest BCUT2D eigenvalue weighted by Gasteiger charge is 2.64. The van der Waals surface area contributed by atoms with Crippen molar-refractivity contribution in [3.05, 3.63) is 29.6 Å². The Hall–Kier alpha value is -2.07. The molecule has 1 amide bonds. The fourth-order valence-electron chi connectivity index (χ4n) is 1.71. The number of carbonyl (C=O) groups is 1. The van der Waals surface area contributed by atoms with E-state index >= 15 is 0 Å². The quantitative estimate of drug-likeness (QED) is 0.834. The summed E-state index contributed by atoms with van der Waals surface area (Å²) in [6, 6.07) is 2.82. The minimum Gasteiger partial charge on any atom is -0.395 e. The Morgan fingerprint density at radius 3 is 2.62 bits per heavy atom. The van der Waals surface area contributed by atoms with Gasteiger partial charge in [0.05, 0.1) is 6.61 Å². The summed E-state index contributed by atoms with van der Waals surface area (Å²) in [6.45, 7) is -0.0551. The highest BCUT2D eigenvalue weighted by molar-refractivity contribution is 5.93. The van der Waals surface area contributed by atoms with Crippen molar-refractivity contribution in [3.8, 4) is 11.8 Å². The maximum Gasteiger partial charge on any atom is 0.411 e. The number of aromatic nitrogens is 1. The zero-order valence-electron chi connectivity index (χ0n) is 11.0. The van der Waals surface area contributed by atoms with Crippen LogP contribution >= 0.6 is 0 Å². The van der Waals surface area contributed by atoms with Gasteiger partial charge in [-0.25, -0.2) is 4.98 Å². The van der Waals surface area contributed by atoms with Crippen LogP contribution in [0.15, 0.2) is 18.3 Å². The molecule has 1 aromatic rings. The van der Waals surface area contributed by atoms with E-state index < -0.39 is 17.6 Å². The van der Waals surface area contributed by atoms with Crippen LogP contribution in [0.5, 0.6) is 0 Å². The number of halogens is 3. The second kappa shape index (κ2) is 5.74. The molecule has 0 atom stereocenters. The number of carbonyl (C=O) groups excluding carboxylic acids is 1. The summed E-state index contributed by atoms with van der Waals surface area (Å²) in [5.74, 6) is 4.54. The summed E-state index contributed by atoms with van der Waals surface area (Å²) in [4.78, 5) is 15.6. The van der Waals surface area contributed by atoms with Gasteiger partial charge >= 0.3 is 6.18 Å². The molecule has 7 heteroatoms. The van der Waals surface area contributed by atoms with Crippen molar-refractivity contribution in [3.63, 3.8) is 0 Å². The largest absolute Gasteiger partial charge is 0.411 e. The van der Waals surface area contributed by atoms with Crippen LogP contribution < -0.4 is 5.32 Å². The molecule has 1 aliphatic carbocycles. The zero-order valence-corrected chi connectivity index (χ0v) is 11.0. The second-order valence-corrected chi connectivity index (χ2v) is 4.74. The van der Waals surface area contributed by atoms with Gasteiger partial charge in [0, 0.05) is 18.2 Å². The Morgan fingerprint density at radius 2 is 2.14 bits per heavy atom. The molecular formula is C14H13F3N2O2. The molecule has 112 valence electrons. The first kappa shape index (κ1) is 15.3. The van der Waals surface area contributed by atoms with Crippen LogP contribution in [0.25, 0.3) is 0 Å². The number of pyridine rings is 1. The fraction of sp³-hybridized carbons (Fsp3) is 0.429. The summed E-state index contributed by atoms with van der Waals surface area (Å²) in [5.41, 5.74) is -1.65. The van der Waals surface area contributed by atoms with E-state index in [4.69, 9.17) is 5.11 Å². The molecule has 1 saturated carbocycles. The number of rotatable bonds is 3. The maximum atomic E-state index is 12.7. The summed E-state index contributed by atoms with van der Waals surface area (Å²) in [5, 5.41) is 10.6. The van der Waals surface area contributed by atoms with Gasteiger partial charge in [0.15, 0.2) is 0 Å². The van der Waals surface area contributed by atoms with Gasteiger partial charge in [0.25, 0.3) is 5.91 Å². The number of amides is 1. The number of aliphatic hydroxyl groups excluding tert-OH is 1. The first-order chi connectivity index (χ1) is 9.88. The highest BCUT2D eigenvalue weighted by atomic mass is 19.4. The molecule has 1 fully saturated rings. The van der Waals surface area contributed by atoms with E-state index in [0.717, 1.165) is 0 Å². The number of hydrogen-bond donors (Lipinski definition) is 2. The predicted octanol–water partition coefficient (Wildman–Crippen LogP) is 1.64. The van der Waals surface area contributed by atoms with Crippen LogP contribution in [0, 0.1) is 11.8 Å². The third-order valence-corrected chi connectivity index (χ3v) is 3.11. The summed E-state index contributed by atoms with van der Waals surface area (Å²) in [7, 11) is 0. The summed E-state index contributed by atoms with van der Waals surface area (Å²) in [6.07, 6.45) is -3.03. The Bertz CT molecular complexity index is 581. The lowest BCUT2D eigenvalue weighted by Gasteiger charge is -2.20. The minimum atomic E-state index is -4.45. The van der Waals surface area contributed by atoms with E-state index in [1.807, 2.05) is 5.32 Å². The number of nitrogens with zero attached hydrogens (tertiary/aromatic N) is 1. The van der Waals surface area contributed by atoms with Gasteiger partial charge in [0.1, 0.15) is 11.2 Å². The molecule has 1 heterocycles. The van der Waals surface area contributed by atoms with Crippen LogP contribution in [-0.2, 0) is 0 Å². The minimum absolute atomic E-state index is 0.0551. The van der Waals surface area contributed by atoms with Crippen molar-refractivity contribution >= 4 is 5.91 Å². The Kier molecular flexibility index (Phi) is 4.19. The molecule has 1 aromatic heterocycles. The van der Waals surface area contributed by atoms with Crippen LogP contribution in [0.4, 0.5) is 13.2 Å². The standard InChI is InChI=1S/C14H13F3N2O2/c15-14(16,17)13(6-7-13)19-12(21)11-5-4-10(9-18-11)3-1-2-8-20/h4-5,9,20H,2,6-8H2,(H,19,21). The van der Waals surface area contributed by atoms with Crippen molar-refractivity contribution in [2.24, 2.45) is 0 Å². The van der Waals surface area contributed by atoms with Crippen molar-refractivity contribution in [2.45, 2.75) is 31.0 Å². The SMILES string of the molecule is O=C(NC1(C(F)(F)F)CC1)c1ccc(C#CCCO)cn1. The highest BCUT2D eigenvalue weighted by Crippen LogP contribution is 2.48. The van der Waals surface area contributed by atoms with Gasteiger partial charge in [-0.15, -0.1) is 0 Å². The molecule has 4 nitrogen and oxygen atoms in total. The predicted molar refractivity (Wildman–Crippen MR) is 68.3 cm³/mol. The van der Waals surface area contributed by atoms with E-state index in [2.05, 4.69) is 16.8 Å². The van der Waals surface area contributed by atoms with Gasteiger partial charge in [-0.2, -0.15) is 13.2 Å². The first-order valence-electron chi connectivity index (χ1n) is 6.33. The van der Waals surface area contributed by atoms with Crippen LogP contribution in [-0.4, -0.2) is 34.3 Å². The first-order valence-corrected chi connectivity index (χ1v) is 6.33. The topological polar surface area (TPSA) is 62.2 Å². The van der Waals surface area contributed by atoms with Gasteiger partial charge in [-0.05, 0) is 25.0 Å². The normalized spacial score (nSPS) is 15.8. The molecule has 0 aliphatic heterocycles. The average molecular weight is 298 g/mol. The lowest BCUT2D eigenvalue weighted by atomic mass is 10.2. The van der Waals surface area contributed by atoms with Crippen molar-refractivity contribution < 1.29 is 23.1 Å². The molecule has 21 heavy (non-hydrogen) atoms. The average Bonchev–Trinajstić information content (AvgIpc) is 3.20. The third-order valence-electron chi connectivity index (χ3n) is 3.11. The molecule has 0 radical (unpaired) electrons.